The van der Waals surface area contributed by atoms with E-state index in [2.05, 4.69) is 13.7 Å². The van der Waals surface area contributed by atoms with E-state index < -0.39 is 0 Å². The predicted octanol–water partition coefficient (Wildman–Crippen LogP) is 2.58. The lowest BCUT2D eigenvalue weighted by atomic mass is 10.3. The summed E-state index contributed by atoms with van der Waals surface area (Å²) >= 11 is 2.79. The summed E-state index contributed by atoms with van der Waals surface area (Å²) in [6.45, 7) is 0. The van der Waals surface area contributed by atoms with Crippen molar-refractivity contribution < 1.29 is 0 Å². The lowest BCUT2D eigenvalue weighted by Crippen LogP contribution is -1.81. The van der Waals surface area contributed by atoms with Gasteiger partial charge in [-0.25, -0.2) is 9.97 Å². The molecule has 0 atom stereocenters. The van der Waals surface area contributed by atoms with E-state index in [9.17, 15) is 0 Å². The first kappa shape index (κ1) is 7.23. The van der Waals surface area contributed by atoms with Gasteiger partial charge >= 0.3 is 9.66 Å². The molecule has 5 heteroatoms. The van der Waals surface area contributed by atoms with Crippen molar-refractivity contribution in [2.24, 2.45) is 0 Å². The van der Waals surface area contributed by atoms with Crippen LogP contribution in [0.3, 0.4) is 0 Å². The van der Waals surface area contributed by atoms with Gasteiger partial charge in [0.2, 0.25) is 23.1 Å². The van der Waals surface area contributed by atoms with Gasteiger partial charge in [-0.15, -0.1) is 0 Å². The first-order chi connectivity index (χ1) is 6.43. The molecule has 0 radical (unpaired) electrons. The van der Waals surface area contributed by atoms with Crippen molar-refractivity contribution in [2.75, 3.05) is 0 Å². The fourth-order valence-electron chi connectivity index (χ4n) is 1.18. The van der Waals surface area contributed by atoms with Crippen LogP contribution in [0.4, 0.5) is 0 Å². The minimum atomic E-state index is 0.920. The second-order valence-corrected chi connectivity index (χ2v) is 4.31. The molecule has 0 saturated carbocycles. The standard InChI is InChI=1S/C8H4N3S2/c1-2-4-6-5(3-1)9-7-8(10-6)13-11-12-7/h1-4H/q+1. The summed E-state index contributed by atoms with van der Waals surface area (Å²) < 4.78 is 4.08. The molecule has 0 amide bonds. The lowest BCUT2D eigenvalue weighted by molar-refractivity contribution is 1.44. The maximum absolute atomic E-state index is 4.44. The molecule has 3 nitrogen and oxygen atoms in total. The highest BCUT2D eigenvalue weighted by Gasteiger charge is 2.12. The Bertz CT molecular complexity index is 526. The quantitative estimate of drug-likeness (QED) is 0.531. The summed E-state index contributed by atoms with van der Waals surface area (Å²) in [4.78, 5) is 10.7. The maximum Gasteiger partial charge on any atom is 0.307 e. The van der Waals surface area contributed by atoms with Crippen molar-refractivity contribution in [1.29, 1.82) is 0 Å². The number of nitrogens with zero attached hydrogens (tertiary/aromatic N) is 3. The van der Waals surface area contributed by atoms with Crippen molar-refractivity contribution in [3.8, 4) is 0 Å². The van der Waals surface area contributed by atoms with Gasteiger partial charge in [0, 0.05) is 0 Å². The number of benzene rings is 1. The van der Waals surface area contributed by atoms with Gasteiger partial charge in [-0.3, -0.25) is 0 Å². The summed E-state index contributed by atoms with van der Waals surface area (Å²) in [5.41, 5.74) is 1.87. The molecule has 0 aliphatic rings. The molecule has 0 spiro atoms. The van der Waals surface area contributed by atoms with Gasteiger partial charge in [0.25, 0.3) is 0 Å². The highest BCUT2D eigenvalue weighted by atomic mass is 32.2. The number of hydrogen-bond donors (Lipinski definition) is 0. The van der Waals surface area contributed by atoms with Crippen molar-refractivity contribution in [3.63, 3.8) is 0 Å². The predicted molar refractivity (Wildman–Crippen MR) is 55.0 cm³/mol. The third-order valence-corrected chi connectivity index (χ3v) is 3.40. The molecule has 62 valence electrons. The second-order valence-electron chi connectivity index (χ2n) is 2.58. The van der Waals surface area contributed by atoms with Crippen LogP contribution in [0.5, 0.6) is 0 Å². The van der Waals surface area contributed by atoms with Gasteiger partial charge in [0.15, 0.2) is 0 Å². The fourth-order valence-corrected chi connectivity index (χ4v) is 2.64. The number of para-hydroxylation sites is 2. The zero-order chi connectivity index (χ0) is 8.67. The van der Waals surface area contributed by atoms with Crippen LogP contribution in [-0.2, 0) is 0 Å². The van der Waals surface area contributed by atoms with E-state index in [0.717, 1.165) is 20.7 Å². The van der Waals surface area contributed by atoms with Crippen molar-refractivity contribution in [2.45, 2.75) is 0 Å². The van der Waals surface area contributed by atoms with Gasteiger partial charge in [-0.1, -0.05) is 12.1 Å². The Kier molecular flexibility index (Phi) is 1.47. The Balaban J connectivity index is 2.57. The lowest BCUT2D eigenvalue weighted by Gasteiger charge is -1.90. The molecule has 0 aliphatic heterocycles. The van der Waals surface area contributed by atoms with Crippen LogP contribution < -0.4 is 0 Å². The van der Waals surface area contributed by atoms with Gasteiger partial charge in [0.1, 0.15) is 0 Å². The molecule has 0 aliphatic carbocycles. The van der Waals surface area contributed by atoms with Crippen LogP contribution in [0.2, 0.25) is 0 Å². The number of fused-ring (bicyclic) bond motifs is 2. The van der Waals surface area contributed by atoms with Crippen LogP contribution in [0.15, 0.2) is 24.3 Å². The normalized spacial score (nSPS) is 11.1. The first-order valence-electron chi connectivity index (χ1n) is 3.75. The molecule has 0 N–H and O–H groups in total. The zero-order valence-corrected chi connectivity index (χ0v) is 8.10. The van der Waals surface area contributed by atoms with Crippen LogP contribution in [0, 0.1) is 0 Å². The molecule has 2 aromatic heterocycles. The topological polar surface area (TPSA) is 38.7 Å². The molecule has 0 fully saturated rings. The highest BCUT2D eigenvalue weighted by molar-refractivity contribution is 7.29. The average Bonchev–Trinajstić information content (AvgIpc) is 2.61. The van der Waals surface area contributed by atoms with E-state index in [1.165, 1.54) is 23.1 Å². The number of hydrogen-bond acceptors (Lipinski definition) is 4. The third kappa shape index (κ3) is 1.08. The Hall–Kier alpha value is -1.20. The molecular weight excluding hydrogens is 202 g/mol. The van der Waals surface area contributed by atoms with Gasteiger partial charge in [0.05, 0.1) is 14.8 Å². The van der Waals surface area contributed by atoms with Crippen LogP contribution in [-0.4, -0.2) is 13.7 Å². The summed E-state index contributed by atoms with van der Waals surface area (Å²) in [5.74, 6) is 0. The van der Waals surface area contributed by atoms with E-state index in [0.29, 0.717) is 0 Å². The Morgan fingerprint density at radius 2 is 1.85 bits per heavy atom. The van der Waals surface area contributed by atoms with Crippen molar-refractivity contribution in [3.05, 3.63) is 24.3 Å². The molecular formula is C8H4N3S2+. The second kappa shape index (κ2) is 2.65. The van der Waals surface area contributed by atoms with Gasteiger partial charge in [-0.05, 0) is 12.1 Å². The van der Waals surface area contributed by atoms with Crippen LogP contribution >= 0.6 is 23.1 Å². The minimum Gasteiger partial charge on any atom is -0.208 e. The molecule has 0 saturated heterocycles. The average molecular weight is 206 g/mol. The molecule has 3 aromatic rings. The number of aromatic nitrogens is 3. The largest absolute Gasteiger partial charge is 0.307 e. The minimum absolute atomic E-state index is 0.920. The monoisotopic (exact) mass is 206 g/mol. The van der Waals surface area contributed by atoms with E-state index in [-0.39, 0.29) is 0 Å². The molecule has 3 rings (SSSR count). The highest BCUT2D eigenvalue weighted by Crippen LogP contribution is 2.21. The van der Waals surface area contributed by atoms with E-state index >= 15 is 0 Å². The summed E-state index contributed by atoms with van der Waals surface area (Å²) in [6, 6.07) is 7.86. The smallest absolute Gasteiger partial charge is 0.208 e. The molecule has 1 aromatic carbocycles. The SMILES string of the molecule is c1ccc2nc3[s+]nsc3nc2c1. The first-order valence-corrected chi connectivity index (χ1v) is 5.29. The van der Waals surface area contributed by atoms with E-state index in [4.69, 9.17) is 0 Å². The summed E-state index contributed by atoms with van der Waals surface area (Å²) in [5, 5.41) is 0. The Morgan fingerprint density at radius 1 is 1.08 bits per heavy atom. The maximum atomic E-state index is 4.44. The van der Waals surface area contributed by atoms with Crippen LogP contribution in [0.1, 0.15) is 0 Å². The van der Waals surface area contributed by atoms with E-state index in [1.54, 1.807) is 0 Å². The van der Waals surface area contributed by atoms with Crippen molar-refractivity contribution in [1.82, 2.24) is 13.7 Å². The fraction of sp³-hybridized carbons (Fsp3) is 0. The number of rotatable bonds is 0. The molecule has 13 heavy (non-hydrogen) atoms. The molecule has 0 bridgehead atoms. The van der Waals surface area contributed by atoms with Crippen LogP contribution in [0.25, 0.3) is 20.7 Å². The Labute approximate surface area is 82.0 Å². The van der Waals surface area contributed by atoms with Gasteiger partial charge in [-0.2, -0.15) is 0 Å². The van der Waals surface area contributed by atoms with Crippen molar-refractivity contribution >= 4 is 43.8 Å². The van der Waals surface area contributed by atoms with Gasteiger partial charge < -0.3 is 0 Å². The summed E-state index contributed by atoms with van der Waals surface area (Å²) in [7, 11) is 0. The molecule has 0 unspecified atom stereocenters. The Morgan fingerprint density at radius 3 is 2.69 bits per heavy atom. The third-order valence-electron chi connectivity index (χ3n) is 1.76. The van der Waals surface area contributed by atoms with E-state index in [1.807, 2.05) is 24.3 Å². The molecule has 2 heterocycles. The summed E-state index contributed by atoms with van der Waals surface area (Å²) in [6.07, 6.45) is 0. The zero-order valence-electron chi connectivity index (χ0n) is 6.47.